The zero-order chi connectivity index (χ0) is 10.2. The van der Waals surface area contributed by atoms with Gasteiger partial charge in [-0.25, -0.2) is 0 Å². The molecule has 0 aromatic carbocycles. The maximum absolute atomic E-state index is 5.82. The fourth-order valence-corrected chi connectivity index (χ4v) is 2.06. The second-order valence-corrected chi connectivity index (χ2v) is 4.46. The predicted octanol–water partition coefficient (Wildman–Crippen LogP) is 2.58. The van der Waals surface area contributed by atoms with Crippen LogP contribution in [0, 0.1) is 5.92 Å². The highest BCUT2D eigenvalue weighted by molar-refractivity contribution is 4.66. The monoisotopic (exact) mass is 199 g/mol. The van der Waals surface area contributed by atoms with Gasteiger partial charge in [-0.15, -0.1) is 0 Å². The van der Waals surface area contributed by atoms with E-state index < -0.39 is 0 Å². The summed E-state index contributed by atoms with van der Waals surface area (Å²) in [6.07, 6.45) is 7.40. The quantitative estimate of drug-likeness (QED) is 0.710. The Kier molecular flexibility index (Phi) is 6.20. The van der Waals surface area contributed by atoms with Gasteiger partial charge in [-0.05, 0) is 32.2 Å². The lowest BCUT2D eigenvalue weighted by atomic mass is 9.90. The maximum atomic E-state index is 5.82. The molecule has 0 spiro atoms. The van der Waals surface area contributed by atoms with Gasteiger partial charge >= 0.3 is 0 Å². The highest BCUT2D eigenvalue weighted by Gasteiger charge is 2.14. The molecule has 1 aliphatic rings. The van der Waals surface area contributed by atoms with Crippen LogP contribution in [0.1, 0.15) is 46.0 Å². The van der Waals surface area contributed by atoms with Crippen molar-refractivity contribution in [1.29, 1.82) is 0 Å². The molecule has 1 N–H and O–H groups in total. The van der Waals surface area contributed by atoms with Crippen LogP contribution in [0.25, 0.3) is 0 Å². The van der Waals surface area contributed by atoms with Crippen LogP contribution in [0.3, 0.4) is 0 Å². The van der Waals surface area contributed by atoms with Gasteiger partial charge in [0.05, 0.1) is 6.10 Å². The lowest BCUT2D eigenvalue weighted by Crippen LogP contribution is -2.28. The van der Waals surface area contributed by atoms with Crippen molar-refractivity contribution in [2.75, 3.05) is 19.7 Å². The van der Waals surface area contributed by atoms with E-state index in [0.717, 1.165) is 25.6 Å². The Bertz CT molecular complexity index is 132. The lowest BCUT2D eigenvalue weighted by molar-refractivity contribution is 0.0317. The smallest absolute Gasteiger partial charge is 0.0671 e. The largest absolute Gasteiger partial charge is 0.377 e. The molecule has 1 rings (SSSR count). The van der Waals surface area contributed by atoms with E-state index in [9.17, 15) is 0 Å². The molecule has 0 radical (unpaired) electrons. The van der Waals surface area contributed by atoms with E-state index in [4.69, 9.17) is 4.74 Å². The molecule has 1 saturated carbocycles. The molecule has 0 aromatic heterocycles. The molecule has 1 atom stereocenters. The Labute approximate surface area is 88.4 Å². The van der Waals surface area contributed by atoms with Crippen LogP contribution in [0.15, 0.2) is 0 Å². The first kappa shape index (κ1) is 12.0. The molecule has 0 bridgehead atoms. The Morgan fingerprint density at radius 2 is 2.00 bits per heavy atom. The van der Waals surface area contributed by atoms with Crippen molar-refractivity contribution in [2.45, 2.75) is 52.1 Å². The standard InChI is InChI=1S/C12H25NO/c1-3-13-9-11(2)14-10-12-7-5-4-6-8-12/h11-13H,3-10H2,1-2H3. The number of hydrogen-bond acceptors (Lipinski definition) is 2. The van der Waals surface area contributed by atoms with Gasteiger partial charge in [-0.2, -0.15) is 0 Å². The Hall–Kier alpha value is -0.0800. The summed E-state index contributed by atoms with van der Waals surface area (Å²) in [5.74, 6) is 0.841. The van der Waals surface area contributed by atoms with Crippen molar-refractivity contribution in [1.82, 2.24) is 5.32 Å². The van der Waals surface area contributed by atoms with Crippen molar-refractivity contribution < 1.29 is 4.74 Å². The second kappa shape index (κ2) is 7.24. The summed E-state index contributed by atoms with van der Waals surface area (Å²) in [5.41, 5.74) is 0. The minimum absolute atomic E-state index is 0.372. The Morgan fingerprint density at radius 1 is 1.29 bits per heavy atom. The average molecular weight is 199 g/mol. The van der Waals surface area contributed by atoms with Gasteiger partial charge in [0, 0.05) is 13.2 Å². The molecule has 0 aromatic rings. The summed E-state index contributed by atoms with van der Waals surface area (Å²) in [5, 5.41) is 3.31. The first-order chi connectivity index (χ1) is 6.83. The van der Waals surface area contributed by atoms with Crippen LogP contribution in [0.5, 0.6) is 0 Å². The molecular weight excluding hydrogens is 174 g/mol. The molecule has 0 saturated heterocycles. The SMILES string of the molecule is CCNCC(C)OCC1CCCCC1. The predicted molar refractivity (Wildman–Crippen MR) is 60.5 cm³/mol. The van der Waals surface area contributed by atoms with E-state index in [0.29, 0.717) is 6.10 Å². The fraction of sp³-hybridized carbons (Fsp3) is 1.00. The van der Waals surface area contributed by atoms with Gasteiger partial charge in [0.1, 0.15) is 0 Å². The first-order valence-corrected chi connectivity index (χ1v) is 6.15. The van der Waals surface area contributed by atoms with E-state index >= 15 is 0 Å². The lowest BCUT2D eigenvalue weighted by Gasteiger charge is -2.23. The maximum Gasteiger partial charge on any atom is 0.0671 e. The van der Waals surface area contributed by atoms with Gasteiger partial charge in [-0.3, -0.25) is 0 Å². The molecular formula is C12H25NO. The highest BCUT2D eigenvalue weighted by Crippen LogP contribution is 2.23. The van der Waals surface area contributed by atoms with Crippen LogP contribution in [-0.4, -0.2) is 25.8 Å². The minimum atomic E-state index is 0.372. The molecule has 0 heterocycles. The van der Waals surface area contributed by atoms with Gasteiger partial charge < -0.3 is 10.1 Å². The van der Waals surface area contributed by atoms with Crippen LogP contribution in [0.4, 0.5) is 0 Å². The summed E-state index contributed by atoms with van der Waals surface area (Å²) >= 11 is 0. The van der Waals surface area contributed by atoms with Gasteiger partial charge in [-0.1, -0.05) is 26.2 Å². The minimum Gasteiger partial charge on any atom is -0.377 e. The third kappa shape index (κ3) is 4.97. The van der Waals surface area contributed by atoms with Crippen LogP contribution in [0.2, 0.25) is 0 Å². The average Bonchev–Trinajstić information content (AvgIpc) is 2.25. The van der Waals surface area contributed by atoms with E-state index in [2.05, 4.69) is 19.2 Å². The first-order valence-electron chi connectivity index (χ1n) is 6.15. The van der Waals surface area contributed by atoms with E-state index in [1.54, 1.807) is 0 Å². The number of likely N-dealkylation sites (N-methyl/N-ethyl adjacent to an activating group) is 1. The molecule has 1 aliphatic carbocycles. The van der Waals surface area contributed by atoms with Crippen LogP contribution >= 0.6 is 0 Å². The van der Waals surface area contributed by atoms with E-state index in [1.807, 2.05) is 0 Å². The van der Waals surface area contributed by atoms with Gasteiger partial charge in [0.15, 0.2) is 0 Å². The number of rotatable bonds is 6. The third-order valence-corrected chi connectivity index (χ3v) is 3.02. The number of ether oxygens (including phenoxy) is 1. The molecule has 14 heavy (non-hydrogen) atoms. The number of nitrogens with one attached hydrogen (secondary N) is 1. The highest BCUT2D eigenvalue weighted by atomic mass is 16.5. The summed E-state index contributed by atoms with van der Waals surface area (Å²) < 4.78 is 5.82. The van der Waals surface area contributed by atoms with Gasteiger partial charge in [0.25, 0.3) is 0 Å². The molecule has 2 nitrogen and oxygen atoms in total. The van der Waals surface area contributed by atoms with E-state index in [-0.39, 0.29) is 0 Å². The Balaban J connectivity index is 2.00. The molecule has 84 valence electrons. The normalized spacial score (nSPS) is 21.0. The number of hydrogen-bond donors (Lipinski definition) is 1. The van der Waals surface area contributed by atoms with Crippen molar-refractivity contribution in [3.05, 3.63) is 0 Å². The summed E-state index contributed by atoms with van der Waals surface area (Å²) in [4.78, 5) is 0. The molecule has 1 fully saturated rings. The Morgan fingerprint density at radius 3 is 2.64 bits per heavy atom. The zero-order valence-electron chi connectivity index (χ0n) is 9.72. The van der Waals surface area contributed by atoms with Crippen molar-refractivity contribution >= 4 is 0 Å². The molecule has 2 heteroatoms. The summed E-state index contributed by atoms with van der Waals surface area (Å²) in [7, 11) is 0. The van der Waals surface area contributed by atoms with Crippen LogP contribution < -0.4 is 5.32 Å². The topological polar surface area (TPSA) is 21.3 Å². The van der Waals surface area contributed by atoms with Crippen LogP contribution in [-0.2, 0) is 4.74 Å². The van der Waals surface area contributed by atoms with Crippen molar-refractivity contribution in [2.24, 2.45) is 5.92 Å². The molecule has 0 amide bonds. The zero-order valence-corrected chi connectivity index (χ0v) is 9.72. The molecule has 0 aliphatic heterocycles. The van der Waals surface area contributed by atoms with Gasteiger partial charge in [0.2, 0.25) is 0 Å². The summed E-state index contributed by atoms with van der Waals surface area (Å²) in [6, 6.07) is 0. The van der Waals surface area contributed by atoms with Crippen molar-refractivity contribution in [3.63, 3.8) is 0 Å². The summed E-state index contributed by atoms with van der Waals surface area (Å²) in [6.45, 7) is 7.30. The fourth-order valence-electron chi connectivity index (χ4n) is 2.06. The second-order valence-electron chi connectivity index (χ2n) is 4.46. The van der Waals surface area contributed by atoms with Crippen molar-refractivity contribution in [3.8, 4) is 0 Å². The third-order valence-electron chi connectivity index (χ3n) is 3.02. The van der Waals surface area contributed by atoms with E-state index in [1.165, 1.54) is 32.1 Å². The molecule has 1 unspecified atom stereocenters.